The fourth-order valence-corrected chi connectivity index (χ4v) is 1.71. The summed E-state index contributed by atoms with van der Waals surface area (Å²) >= 11 is 11.7. The molecule has 3 nitrogen and oxygen atoms in total. The fraction of sp³-hybridized carbons (Fsp3) is 0.538. The van der Waals surface area contributed by atoms with Crippen molar-refractivity contribution in [2.75, 3.05) is 33.4 Å². The van der Waals surface area contributed by atoms with Gasteiger partial charge < -0.3 is 14.8 Å². The minimum atomic E-state index is 0.520. The average Bonchev–Trinajstić information content (AvgIpc) is 2.37. The van der Waals surface area contributed by atoms with E-state index >= 15 is 0 Å². The third-order valence-electron chi connectivity index (χ3n) is 2.36. The minimum absolute atomic E-state index is 0.520. The van der Waals surface area contributed by atoms with E-state index in [4.69, 9.17) is 32.7 Å². The molecule has 0 heterocycles. The molecule has 0 aliphatic heterocycles. The second kappa shape index (κ2) is 9.45. The van der Waals surface area contributed by atoms with Gasteiger partial charge >= 0.3 is 0 Å². The standard InChI is InChI=1S/C13H19Cl2NO2/c1-17-8-2-6-16-7-3-9-18-11-4-5-12(14)13(15)10-11/h4-5,10,16H,2-3,6-9H2,1H3. The predicted octanol–water partition coefficient (Wildman–Crippen LogP) is 3.39. The highest BCUT2D eigenvalue weighted by Gasteiger charge is 1.99. The maximum atomic E-state index is 5.89. The molecule has 1 aromatic carbocycles. The molecule has 0 saturated carbocycles. The van der Waals surface area contributed by atoms with Crippen molar-refractivity contribution in [3.05, 3.63) is 28.2 Å². The van der Waals surface area contributed by atoms with Gasteiger partial charge in [-0.1, -0.05) is 23.2 Å². The number of halogens is 2. The van der Waals surface area contributed by atoms with Crippen molar-refractivity contribution in [3.63, 3.8) is 0 Å². The molecule has 5 heteroatoms. The molecule has 0 bridgehead atoms. The van der Waals surface area contributed by atoms with E-state index < -0.39 is 0 Å². The molecule has 0 atom stereocenters. The van der Waals surface area contributed by atoms with Crippen molar-refractivity contribution in [2.24, 2.45) is 0 Å². The molecule has 0 fully saturated rings. The van der Waals surface area contributed by atoms with Gasteiger partial charge in [0.1, 0.15) is 5.75 Å². The summed E-state index contributed by atoms with van der Waals surface area (Å²) in [5.41, 5.74) is 0. The van der Waals surface area contributed by atoms with Gasteiger partial charge in [0.25, 0.3) is 0 Å². The summed E-state index contributed by atoms with van der Waals surface area (Å²) in [5, 5.41) is 4.39. The Morgan fingerprint density at radius 3 is 2.44 bits per heavy atom. The van der Waals surface area contributed by atoms with Crippen molar-refractivity contribution in [1.29, 1.82) is 0 Å². The van der Waals surface area contributed by atoms with Crippen LogP contribution in [0.1, 0.15) is 12.8 Å². The van der Waals surface area contributed by atoms with Gasteiger partial charge in [0.15, 0.2) is 0 Å². The van der Waals surface area contributed by atoms with E-state index in [0.717, 1.165) is 38.3 Å². The second-order valence-electron chi connectivity index (χ2n) is 3.87. The van der Waals surface area contributed by atoms with E-state index in [2.05, 4.69) is 5.32 Å². The molecular formula is C13H19Cl2NO2. The van der Waals surface area contributed by atoms with Crippen LogP contribution in [0.3, 0.4) is 0 Å². The normalized spacial score (nSPS) is 10.6. The first-order valence-electron chi connectivity index (χ1n) is 6.01. The number of methoxy groups -OCH3 is 1. The Balaban J connectivity index is 2.05. The van der Waals surface area contributed by atoms with Gasteiger partial charge in [0.2, 0.25) is 0 Å². The first kappa shape index (κ1) is 15.6. The smallest absolute Gasteiger partial charge is 0.120 e. The van der Waals surface area contributed by atoms with Gasteiger partial charge in [-0.2, -0.15) is 0 Å². The summed E-state index contributed by atoms with van der Waals surface area (Å²) in [6, 6.07) is 5.29. The molecule has 102 valence electrons. The highest BCUT2D eigenvalue weighted by Crippen LogP contribution is 2.26. The molecule has 0 radical (unpaired) electrons. The maximum Gasteiger partial charge on any atom is 0.120 e. The van der Waals surface area contributed by atoms with Crippen molar-refractivity contribution >= 4 is 23.2 Å². The van der Waals surface area contributed by atoms with Gasteiger partial charge in [-0.05, 0) is 38.1 Å². The van der Waals surface area contributed by atoms with Gasteiger partial charge in [0, 0.05) is 19.8 Å². The summed E-state index contributed by atoms with van der Waals surface area (Å²) < 4.78 is 10.5. The first-order valence-corrected chi connectivity index (χ1v) is 6.77. The van der Waals surface area contributed by atoms with Gasteiger partial charge in [0.05, 0.1) is 16.7 Å². The molecule has 0 saturated heterocycles. The Labute approximate surface area is 118 Å². The number of rotatable bonds is 9. The number of nitrogens with one attached hydrogen (secondary N) is 1. The minimum Gasteiger partial charge on any atom is -0.493 e. The number of hydrogen-bond acceptors (Lipinski definition) is 3. The highest BCUT2D eigenvalue weighted by molar-refractivity contribution is 6.42. The van der Waals surface area contributed by atoms with Crippen LogP contribution in [0.5, 0.6) is 5.75 Å². The quantitative estimate of drug-likeness (QED) is 0.708. The fourth-order valence-electron chi connectivity index (χ4n) is 1.42. The lowest BCUT2D eigenvalue weighted by Crippen LogP contribution is -2.19. The Bertz CT molecular complexity index is 348. The lowest BCUT2D eigenvalue weighted by molar-refractivity contribution is 0.194. The van der Waals surface area contributed by atoms with Gasteiger partial charge in [-0.15, -0.1) is 0 Å². The van der Waals surface area contributed by atoms with Gasteiger partial charge in [-0.3, -0.25) is 0 Å². The van der Waals surface area contributed by atoms with Crippen LogP contribution >= 0.6 is 23.2 Å². The van der Waals surface area contributed by atoms with E-state index in [1.165, 1.54) is 0 Å². The molecule has 0 aliphatic carbocycles. The van der Waals surface area contributed by atoms with Crippen LogP contribution in [0.2, 0.25) is 10.0 Å². The molecule has 18 heavy (non-hydrogen) atoms. The largest absolute Gasteiger partial charge is 0.493 e. The third-order valence-corrected chi connectivity index (χ3v) is 3.10. The van der Waals surface area contributed by atoms with Crippen LogP contribution < -0.4 is 10.1 Å². The van der Waals surface area contributed by atoms with Crippen molar-refractivity contribution in [1.82, 2.24) is 5.32 Å². The van der Waals surface area contributed by atoms with Crippen LogP contribution in [0, 0.1) is 0 Å². The zero-order chi connectivity index (χ0) is 13.2. The summed E-state index contributed by atoms with van der Waals surface area (Å²) in [7, 11) is 1.71. The zero-order valence-electron chi connectivity index (χ0n) is 10.5. The van der Waals surface area contributed by atoms with Gasteiger partial charge in [-0.25, -0.2) is 0 Å². The van der Waals surface area contributed by atoms with Crippen molar-refractivity contribution < 1.29 is 9.47 Å². The van der Waals surface area contributed by atoms with E-state index in [0.29, 0.717) is 16.7 Å². The topological polar surface area (TPSA) is 30.5 Å². The Hall–Kier alpha value is -0.480. The number of hydrogen-bond donors (Lipinski definition) is 1. The van der Waals surface area contributed by atoms with E-state index in [1.54, 1.807) is 19.2 Å². The predicted molar refractivity (Wildman–Crippen MR) is 75.9 cm³/mol. The first-order chi connectivity index (χ1) is 8.74. The Morgan fingerprint density at radius 2 is 1.78 bits per heavy atom. The van der Waals surface area contributed by atoms with E-state index in [9.17, 15) is 0 Å². The maximum absolute atomic E-state index is 5.89. The summed E-state index contributed by atoms with van der Waals surface area (Å²) in [6.07, 6.45) is 1.98. The van der Waals surface area contributed by atoms with E-state index in [-0.39, 0.29) is 0 Å². The van der Waals surface area contributed by atoms with Crippen LogP contribution in [-0.4, -0.2) is 33.4 Å². The summed E-state index contributed by atoms with van der Waals surface area (Å²) in [4.78, 5) is 0. The molecule has 1 N–H and O–H groups in total. The zero-order valence-corrected chi connectivity index (χ0v) is 12.1. The molecule has 0 aliphatic rings. The highest BCUT2D eigenvalue weighted by atomic mass is 35.5. The Morgan fingerprint density at radius 1 is 1.06 bits per heavy atom. The molecule has 0 spiro atoms. The molecule has 0 amide bonds. The van der Waals surface area contributed by atoms with E-state index in [1.807, 2.05) is 6.07 Å². The van der Waals surface area contributed by atoms with Crippen LogP contribution in [0.4, 0.5) is 0 Å². The summed E-state index contributed by atoms with van der Waals surface area (Å²) in [5.74, 6) is 0.754. The summed E-state index contributed by atoms with van der Waals surface area (Å²) in [6.45, 7) is 3.37. The van der Waals surface area contributed by atoms with Crippen LogP contribution in [-0.2, 0) is 4.74 Å². The third kappa shape index (κ3) is 6.45. The van der Waals surface area contributed by atoms with Crippen molar-refractivity contribution in [2.45, 2.75) is 12.8 Å². The van der Waals surface area contributed by atoms with Crippen LogP contribution in [0.25, 0.3) is 0 Å². The Kier molecular flexibility index (Phi) is 8.18. The average molecular weight is 292 g/mol. The second-order valence-corrected chi connectivity index (χ2v) is 4.69. The molecule has 0 aromatic heterocycles. The monoisotopic (exact) mass is 291 g/mol. The SMILES string of the molecule is COCCCNCCCOc1ccc(Cl)c(Cl)c1. The molecule has 1 rings (SSSR count). The van der Waals surface area contributed by atoms with Crippen LogP contribution in [0.15, 0.2) is 18.2 Å². The van der Waals surface area contributed by atoms with Crippen molar-refractivity contribution in [3.8, 4) is 5.75 Å². The number of ether oxygens (including phenoxy) is 2. The molecular weight excluding hydrogens is 273 g/mol. The molecule has 0 unspecified atom stereocenters. The lowest BCUT2D eigenvalue weighted by atomic mass is 10.3. The molecule has 1 aromatic rings. The lowest BCUT2D eigenvalue weighted by Gasteiger charge is -2.08. The number of benzene rings is 1.